The van der Waals surface area contributed by atoms with Crippen LogP contribution in [0.5, 0.6) is 5.75 Å². The molecule has 0 spiro atoms. The number of hydrogen-bond acceptors (Lipinski definition) is 7. The van der Waals surface area contributed by atoms with Crippen LogP contribution in [0.4, 0.5) is 13.2 Å². The molecule has 1 aliphatic rings. The van der Waals surface area contributed by atoms with Crippen LogP contribution in [-0.4, -0.2) is 57.9 Å². The molecular formula is C29H30F3N7O4. The average Bonchev–Trinajstić information content (AvgIpc) is 3.34. The lowest BCUT2D eigenvalue weighted by molar-refractivity contribution is -0.153. The van der Waals surface area contributed by atoms with Gasteiger partial charge in [-0.05, 0) is 69.0 Å². The predicted octanol–water partition coefficient (Wildman–Crippen LogP) is 2.92. The maximum absolute atomic E-state index is 13.4. The van der Waals surface area contributed by atoms with Crippen molar-refractivity contribution in [1.29, 1.82) is 5.26 Å². The Balaban J connectivity index is 1.59. The fourth-order valence-electron chi connectivity index (χ4n) is 4.49. The van der Waals surface area contributed by atoms with Crippen LogP contribution < -0.4 is 21.1 Å². The van der Waals surface area contributed by atoms with Gasteiger partial charge in [0.25, 0.3) is 11.8 Å². The van der Waals surface area contributed by atoms with Gasteiger partial charge in [0.05, 0.1) is 22.2 Å². The molecule has 14 heteroatoms. The van der Waals surface area contributed by atoms with E-state index in [0.717, 1.165) is 11.1 Å². The second-order valence-electron chi connectivity index (χ2n) is 10.9. The lowest BCUT2D eigenvalue weighted by atomic mass is 9.92. The number of hydrogen-bond donors (Lipinski definition) is 3. The minimum Gasteiger partial charge on any atom is -0.484 e. The molecular weight excluding hydrogens is 567 g/mol. The Hall–Kier alpha value is -4.93. The molecule has 4 N–H and O–H groups in total. The topological polar surface area (TPSA) is 165 Å². The molecule has 1 aliphatic heterocycles. The summed E-state index contributed by atoms with van der Waals surface area (Å²) >= 11 is 0. The van der Waals surface area contributed by atoms with Crippen LogP contribution in [-0.2, 0) is 17.6 Å². The Morgan fingerprint density at radius 3 is 2.63 bits per heavy atom. The third-order valence-corrected chi connectivity index (χ3v) is 7.11. The van der Waals surface area contributed by atoms with E-state index in [1.54, 1.807) is 26.0 Å². The number of nitrogens with one attached hydrogen (secondary N) is 2. The first-order chi connectivity index (χ1) is 20.2. The molecule has 0 saturated carbocycles. The van der Waals surface area contributed by atoms with Gasteiger partial charge in [0.2, 0.25) is 5.91 Å². The first-order valence-corrected chi connectivity index (χ1v) is 13.3. The van der Waals surface area contributed by atoms with E-state index in [1.165, 1.54) is 29.1 Å². The molecule has 11 nitrogen and oxygen atoms in total. The Labute approximate surface area is 245 Å². The minimum absolute atomic E-state index is 0.0514. The summed E-state index contributed by atoms with van der Waals surface area (Å²) in [6.45, 7) is 3.47. The molecule has 0 radical (unpaired) electrons. The molecule has 226 valence electrons. The molecule has 1 aromatic carbocycles. The zero-order valence-electron chi connectivity index (χ0n) is 23.7. The number of nitriles is 1. The molecule has 3 amide bonds. The van der Waals surface area contributed by atoms with Crippen molar-refractivity contribution in [3.63, 3.8) is 0 Å². The fraction of sp³-hybridized carbons (Fsp3) is 0.379. The maximum atomic E-state index is 13.4. The van der Waals surface area contributed by atoms with Gasteiger partial charge in [0.1, 0.15) is 17.5 Å². The third kappa shape index (κ3) is 7.29. The lowest BCUT2D eigenvalue weighted by Gasteiger charge is -2.24. The normalized spacial score (nSPS) is 14.8. The number of aromatic nitrogens is 3. The van der Waals surface area contributed by atoms with Crippen LogP contribution in [0.25, 0.3) is 5.82 Å². The van der Waals surface area contributed by atoms with Gasteiger partial charge < -0.3 is 21.1 Å². The van der Waals surface area contributed by atoms with Gasteiger partial charge in [0.15, 0.2) is 12.4 Å². The molecule has 43 heavy (non-hydrogen) atoms. The molecule has 0 fully saturated rings. The van der Waals surface area contributed by atoms with Gasteiger partial charge in [-0.2, -0.15) is 23.5 Å². The number of pyridine rings is 1. The Kier molecular flexibility index (Phi) is 8.75. The number of amides is 3. The predicted molar refractivity (Wildman–Crippen MR) is 147 cm³/mol. The number of primary amides is 1. The number of nitrogens with zero attached hydrogens (tertiary/aromatic N) is 4. The zero-order valence-corrected chi connectivity index (χ0v) is 23.7. The quantitative estimate of drug-likeness (QED) is 0.323. The van der Waals surface area contributed by atoms with Crippen molar-refractivity contribution in [3.8, 4) is 17.6 Å². The van der Waals surface area contributed by atoms with E-state index in [0.29, 0.717) is 18.5 Å². The van der Waals surface area contributed by atoms with E-state index in [2.05, 4.69) is 20.7 Å². The van der Waals surface area contributed by atoms with Gasteiger partial charge >= 0.3 is 6.18 Å². The summed E-state index contributed by atoms with van der Waals surface area (Å²) in [4.78, 5) is 42.8. The van der Waals surface area contributed by atoms with Gasteiger partial charge in [-0.3, -0.25) is 14.4 Å². The Morgan fingerprint density at radius 1 is 1.26 bits per heavy atom. The number of rotatable bonds is 10. The highest BCUT2D eigenvalue weighted by atomic mass is 19.4. The number of ether oxygens (including phenoxy) is 1. The molecule has 0 aliphatic carbocycles. The van der Waals surface area contributed by atoms with Crippen LogP contribution in [0.2, 0.25) is 0 Å². The number of nitrogens with two attached hydrogens (primary N) is 1. The number of alkyl halides is 3. The molecule has 2 aromatic heterocycles. The number of halogens is 3. The van der Waals surface area contributed by atoms with E-state index in [1.807, 2.05) is 13.0 Å². The minimum atomic E-state index is -4.46. The van der Waals surface area contributed by atoms with Crippen molar-refractivity contribution in [2.75, 3.05) is 13.2 Å². The number of carbonyl (C=O) groups excluding carboxylic acids is 3. The monoisotopic (exact) mass is 597 g/mol. The zero-order chi connectivity index (χ0) is 31.5. The van der Waals surface area contributed by atoms with Crippen molar-refractivity contribution >= 4 is 17.7 Å². The fourth-order valence-corrected chi connectivity index (χ4v) is 4.49. The average molecular weight is 598 g/mol. The van der Waals surface area contributed by atoms with Crippen LogP contribution in [0.15, 0.2) is 36.5 Å². The van der Waals surface area contributed by atoms with Crippen LogP contribution >= 0.6 is 0 Å². The first kappa shape index (κ1) is 31.0. The molecule has 0 unspecified atom stereocenters. The van der Waals surface area contributed by atoms with E-state index < -0.39 is 35.9 Å². The van der Waals surface area contributed by atoms with Crippen molar-refractivity contribution in [1.82, 2.24) is 25.4 Å². The van der Waals surface area contributed by atoms with Gasteiger partial charge in [-0.25, -0.2) is 9.67 Å². The summed E-state index contributed by atoms with van der Waals surface area (Å²) in [5.74, 6) is -1.54. The number of aryl methyl sites for hydroxylation is 2. The molecule has 3 aromatic rings. The lowest BCUT2D eigenvalue weighted by Crippen LogP contribution is -2.44. The largest absolute Gasteiger partial charge is 0.484 e. The van der Waals surface area contributed by atoms with Crippen molar-refractivity contribution in [2.24, 2.45) is 11.1 Å². The summed E-state index contributed by atoms with van der Waals surface area (Å²) in [6, 6.07) is 9.27. The highest BCUT2D eigenvalue weighted by molar-refractivity contribution is 6.08. The van der Waals surface area contributed by atoms with Gasteiger partial charge in [-0.15, -0.1) is 0 Å². The molecule has 4 rings (SSSR count). The molecule has 0 saturated heterocycles. The summed E-state index contributed by atoms with van der Waals surface area (Å²) < 4.78 is 43.9. The van der Waals surface area contributed by atoms with Crippen molar-refractivity contribution in [3.05, 3.63) is 70.2 Å². The molecule has 0 bridgehead atoms. The van der Waals surface area contributed by atoms with E-state index in [9.17, 15) is 27.6 Å². The smallest absolute Gasteiger partial charge is 0.422 e. The molecule has 3 heterocycles. The van der Waals surface area contributed by atoms with E-state index in [-0.39, 0.29) is 47.4 Å². The van der Waals surface area contributed by atoms with E-state index >= 15 is 0 Å². The number of fused-ring (bicyclic) bond motifs is 1. The maximum Gasteiger partial charge on any atom is 0.422 e. The van der Waals surface area contributed by atoms with E-state index in [4.69, 9.17) is 15.7 Å². The van der Waals surface area contributed by atoms with Crippen molar-refractivity contribution in [2.45, 2.75) is 52.3 Å². The summed E-state index contributed by atoms with van der Waals surface area (Å²) in [5, 5.41) is 19.2. The van der Waals surface area contributed by atoms with Gasteiger partial charge in [0, 0.05) is 25.2 Å². The van der Waals surface area contributed by atoms with Crippen LogP contribution in [0.3, 0.4) is 0 Å². The van der Waals surface area contributed by atoms with Crippen molar-refractivity contribution < 1.29 is 32.3 Å². The highest BCUT2D eigenvalue weighted by Gasteiger charge is 2.36. The number of benzene rings is 1. The van der Waals surface area contributed by atoms with Crippen LogP contribution in [0.1, 0.15) is 63.5 Å². The summed E-state index contributed by atoms with van der Waals surface area (Å²) in [7, 11) is 0. The molecule has 1 atom stereocenters. The highest BCUT2D eigenvalue weighted by Crippen LogP contribution is 2.27. The third-order valence-electron chi connectivity index (χ3n) is 7.11. The Morgan fingerprint density at radius 2 is 2.00 bits per heavy atom. The van der Waals surface area contributed by atoms with Crippen LogP contribution in [0, 0.1) is 23.7 Å². The standard InChI is InChI=1S/C29H30F3N7O4/c1-16-4-8-20(43-15-29(30,31)32)10-18(16)6-7-19-11-21-23(25(40)37-19)24(26(41)36-14-28(2,3)27(34)42)39(38-21)22-9-5-17(12-33)13-35-22/h4-5,8-10,13,19H,6-7,11,14-15H2,1-3H3,(H2,34,42)(H,36,41)(H,37,40)/t19-/m0/s1. The first-order valence-electron chi connectivity index (χ1n) is 13.3. The second kappa shape index (κ2) is 12.1. The second-order valence-corrected chi connectivity index (χ2v) is 10.9. The summed E-state index contributed by atoms with van der Waals surface area (Å²) in [6.07, 6.45) is -2.01. The SMILES string of the molecule is Cc1ccc(OCC(F)(F)F)cc1CC[C@H]1Cc2nn(-c3ccc(C#N)cn3)c(C(=O)NCC(C)(C)C(N)=O)c2C(=O)N1. The Bertz CT molecular complexity index is 1590. The summed E-state index contributed by atoms with van der Waals surface area (Å²) in [5.41, 5.74) is 6.59. The number of carbonyl (C=O) groups is 3. The van der Waals surface area contributed by atoms with Gasteiger partial charge in [-0.1, -0.05) is 6.07 Å².